The first-order valence-electron chi connectivity index (χ1n) is 9.15. The minimum absolute atomic E-state index is 0.251. The number of carbonyl (C=O) groups excluding carboxylic acids is 1. The van der Waals surface area contributed by atoms with E-state index in [0.717, 1.165) is 16.6 Å². The van der Waals surface area contributed by atoms with Gasteiger partial charge in [-0.15, -0.1) is 0 Å². The fourth-order valence-electron chi connectivity index (χ4n) is 3.57. The Hall–Kier alpha value is -4.00. The molecular formula is C22H17N5O2. The minimum atomic E-state index is -0.251. The fourth-order valence-corrected chi connectivity index (χ4v) is 3.57. The average molecular weight is 383 g/mol. The van der Waals surface area contributed by atoms with Crippen molar-refractivity contribution >= 4 is 33.5 Å². The third-order valence-electron chi connectivity index (χ3n) is 4.87. The van der Waals surface area contributed by atoms with Crippen LogP contribution in [0.5, 0.6) is 0 Å². The van der Waals surface area contributed by atoms with Gasteiger partial charge in [0, 0.05) is 18.6 Å². The number of para-hydroxylation sites is 1. The molecule has 29 heavy (non-hydrogen) atoms. The minimum Gasteiger partial charge on any atom is -0.463 e. The molecule has 5 aromatic rings. The van der Waals surface area contributed by atoms with Crippen molar-refractivity contribution in [3.8, 4) is 11.5 Å². The molecule has 7 heteroatoms. The van der Waals surface area contributed by atoms with Crippen LogP contribution < -0.4 is 5.32 Å². The SMILES string of the molecule is Cc1nn(C)c2nc(-c3ccco3)cc(C(=O)Nc3cccc4cccnc34)c12. The number of aryl methyl sites for hydroxylation is 2. The van der Waals surface area contributed by atoms with E-state index in [1.54, 1.807) is 29.3 Å². The van der Waals surface area contributed by atoms with Crippen LogP contribution in [0.25, 0.3) is 33.4 Å². The maximum atomic E-state index is 13.3. The summed E-state index contributed by atoms with van der Waals surface area (Å²) in [5, 5.41) is 9.12. The molecule has 0 spiro atoms. The van der Waals surface area contributed by atoms with E-state index in [9.17, 15) is 4.79 Å². The van der Waals surface area contributed by atoms with Crippen molar-refractivity contribution in [3.63, 3.8) is 0 Å². The molecule has 0 fully saturated rings. The first-order valence-corrected chi connectivity index (χ1v) is 9.15. The van der Waals surface area contributed by atoms with E-state index >= 15 is 0 Å². The lowest BCUT2D eigenvalue weighted by Crippen LogP contribution is -2.14. The second-order valence-electron chi connectivity index (χ2n) is 6.77. The zero-order chi connectivity index (χ0) is 20.0. The second-order valence-corrected chi connectivity index (χ2v) is 6.77. The Balaban J connectivity index is 1.66. The number of hydrogen-bond acceptors (Lipinski definition) is 5. The van der Waals surface area contributed by atoms with Gasteiger partial charge in [0.05, 0.1) is 34.1 Å². The van der Waals surface area contributed by atoms with Crippen molar-refractivity contribution in [1.29, 1.82) is 0 Å². The van der Waals surface area contributed by atoms with Gasteiger partial charge in [0.25, 0.3) is 5.91 Å². The molecule has 0 aliphatic carbocycles. The summed E-state index contributed by atoms with van der Waals surface area (Å²) in [5.41, 5.74) is 3.81. The van der Waals surface area contributed by atoms with Gasteiger partial charge in [0.1, 0.15) is 5.69 Å². The van der Waals surface area contributed by atoms with Crippen LogP contribution >= 0.6 is 0 Å². The van der Waals surface area contributed by atoms with Crippen LogP contribution in [0.3, 0.4) is 0 Å². The van der Waals surface area contributed by atoms with Crippen LogP contribution in [0.15, 0.2) is 65.4 Å². The molecule has 0 aliphatic rings. The summed E-state index contributed by atoms with van der Waals surface area (Å²) in [7, 11) is 1.81. The molecule has 1 N–H and O–H groups in total. The van der Waals surface area contributed by atoms with Crippen LogP contribution in [-0.4, -0.2) is 25.7 Å². The number of rotatable bonds is 3. The first kappa shape index (κ1) is 17.1. The lowest BCUT2D eigenvalue weighted by molar-refractivity contribution is 0.102. The maximum Gasteiger partial charge on any atom is 0.256 e. The van der Waals surface area contributed by atoms with Crippen LogP contribution in [0.2, 0.25) is 0 Å². The smallest absolute Gasteiger partial charge is 0.256 e. The predicted molar refractivity (Wildman–Crippen MR) is 111 cm³/mol. The van der Waals surface area contributed by atoms with Crippen LogP contribution in [0, 0.1) is 6.92 Å². The van der Waals surface area contributed by atoms with Gasteiger partial charge in [0.2, 0.25) is 0 Å². The number of amides is 1. The molecule has 0 radical (unpaired) electrons. The molecule has 4 heterocycles. The number of carbonyl (C=O) groups is 1. The Kier molecular flexibility index (Phi) is 3.87. The molecule has 0 saturated carbocycles. The summed E-state index contributed by atoms with van der Waals surface area (Å²) in [6.45, 7) is 1.87. The Morgan fingerprint density at radius 3 is 2.83 bits per heavy atom. The van der Waals surface area contributed by atoms with Gasteiger partial charge in [-0.2, -0.15) is 5.10 Å². The first-order chi connectivity index (χ1) is 14.1. The Morgan fingerprint density at radius 2 is 2.00 bits per heavy atom. The highest BCUT2D eigenvalue weighted by Gasteiger charge is 2.20. The second kappa shape index (κ2) is 6.56. The van der Waals surface area contributed by atoms with Crippen molar-refractivity contribution in [2.24, 2.45) is 7.05 Å². The monoisotopic (exact) mass is 383 g/mol. The van der Waals surface area contributed by atoms with E-state index in [0.29, 0.717) is 33.7 Å². The maximum absolute atomic E-state index is 13.3. The molecule has 1 amide bonds. The largest absolute Gasteiger partial charge is 0.463 e. The normalized spacial score (nSPS) is 11.2. The lowest BCUT2D eigenvalue weighted by Gasteiger charge is -2.10. The molecule has 142 valence electrons. The molecular weight excluding hydrogens is 366 g/mol. The van der Waals surface area contributed by atoms with E-state index < -0.39 is 0 Å². The van der Waals surface area contributed by atoms with Crippen molar-refractivity contribution in [2.75, 3.05) is 5.32 Å². The average Bonchev–Trinajstić information content (AvgIpc) is 3.36. The van der Waals surface area contributed by atoms with Gasteiger partial charge < -0.3 is 9.73 Å². The zero-order valence-corrected chi connectivity index (χ0v) is 15.9. The number of pyridine rings is 2. The lowest BCUT2D eigenvalue weighted by atomic mass is 10.1. The summed E-state index contributed by atoms with van der Waals surface area (Å²) in [5.74, 6) is 0.339. The molecule has 1 aromatic carbocycles. The highest BCUT2D eigenvalue weighted by molar-refractivity contribution is 6.15. The topological polar surface area (TPSA) is 85.8 Å². The number of furan rings is 1. The van der Waals surface area contributed by atoms with E-state index in [1.165, 1.54) is 0 Å². The zero-order valence-electron chi connectivity index (χ0n) is 15.9. The molecule has 0 bridgehead atoms. The van der Waals surface area contributed by atoms with E-state index in [1.807, 2.05) is 50.4 Å². The van der Waals surface area contributed by atoms with Gasteiger partial charge >= 0.3 is 0 Å². The third-order valence-corrected chi connectivity index (χ3v) is 4.87. The van der Waals surface area contributed by atoms with Crippen LogP contribution in [-0.2, 0) is 7.05 Å². The molecule has 4 aromatic heterocycles. The van der Waals surface area contributed by atoms with Crippen molar-refractivity contribution in [2.45, 2.75) is 6.92 Å². The summed E-state index contributed by atoms with van der Waals surface area (Å²) in [4.78, 5) is 22.4. The molecule has 7 nitrogen and oxygen atoms in total. The molecule has 5 rings (SSSR count). The van der Waals surface area contributed by atoms with Crippen LogP contribution in [0.1, 0.15) is 16.1 Å². The molecule has 0 saturated heterocycles. The quantitative estimate of drug-likeness (QED) is 0.501. The highest BCUT2D eigenvalue weighted by Crippen LogP contribution is 2.28. The Morgan fingerprint density at radius 1 is 1.14 bits per heavy atom. The fraction of sp³-hybridized carbons (Fsp3) is 0.0909. The molecule has 0 unspecified atom stereocenters. The number of fused-ring (bicyclic) bond motifs is 2. The number of anilines is 1. The number of nitrogens with one attached hydrogen (secondary N) is 1. The number of aromatic nitrogens is 4. The van der Waals surface area contributed by atoms with Gasteiger partial charge in [-0.25, -0.2) is 4.98 Å². The summed E-state index contributed by atoms with van der Waals surface area (Å²) >= 11 is 0. The van der Waals surface area contributed by atoms with Crippen LogP contribution in [0.4, 0.5) is 5.69 Å². The van der Waals surface area contributed by atoms with Crippen molar-refractivity contribution < 1.29 is 9.21 Å². The number of hydrogen-bond donors (Lipinski definition) is 1. The molecule has 0 atom stereocenters. The van der Waals surface area contributed by atoms with Gasteiger partial charge in [0.15, 0.2) is 11.4 Å². The van der Waals surface area contributed by atoms with Gasteiger partial charge in [-0.05, 0) is 37.3 Å². The Labute approximate surface area is 166 Å². The standard InChI is InChI=1S/C22H17N5O2/c1-13-19-15(12-17(18-9-5-11-29-18)24-21(19)27(2)26-13)22(28)25-16-8-3-6-14-7-4-10-23-20(14)16/h3-12H,1-2H3,(H,25,28). The van der Waals surface area contributed by atoms with E-state index in [4.69, 9.17) is 4.42 Å². The number of nitrogens with zero attached hydrogens (tertiary/aromatic N) is 4. The van der Waals surface area contributed by atoms with E-state index in [-0.39, 0.29) is 5.91 Å². The summed E-state index contributed by atoms with van der Waals surface area (Å²) in [6, 6.07) is 14.9. The third kappa shape index (κ3) is 2.84. The van der Waals surface area contributed by atoms with Crippen molar-refractivity contribution in [1.82, 2.24) is 19.7 Å². The number of benzene rings is 1. The van der Waals surface area contributed by atoms with E-state index in [2.05, 4.69) is 20.4 Å². The van der Waals surface area contributed by atoms with Crippen molar-refractivity contribution in [3.05, 3.63) is 72.2 Å². The van der Waals surface area contributed by atoms with Gasteiger partial charge in [-0.3, -0.25) is 14.5 Å². The molecule has 0 aliphatic heterocycles. The Bertz CT molecular complexity index is 1360. The highest BCUT2D eigenvalue weighted by atomic mass is 16.3. The summed E-state index contributed by atoms with van der Waals surface area (Å²) in [6.07, 6.45) is 3.29. The summed E-state index contributed by atoms with van der Waals surface area (Å²) < 4.78 is 7.17. The van der Waals surface area contributed by atoms with Gasteiger partial charge in [-0.1, -0.05) is 18.2 Å². The predicted octanol–water partition coefficient (Wildman–Crippen LogP) is 4.34.